The Bertz CT molecular complexity index is 669. The van der Waals surface area contributed by atoms with Crippen molar-refractivity contribution in [3.05, 3.63) is 53.2 Å². The summed E-state index contributed by atoms with van der Waals surface area (Å²) in [5.74, 6) is 0. The third-order valence-corrected chi connectivity index (χ3v) is 10.0. The predicted octanol–water partition coefficient (Wildman–Crippen LogP) is 3.71. The van der Waals surface area contributed by atoms with Gasteiger partial charge in [-0.05, 0) is 35.0 Å². The van der Waals surface area contributed by atoms with E-state index in [4.69, 9.17) is 0 Å². The zero-order chi connectivity index (χ0) is 12.2. The Balaban J connectivity index is 2.08. The number of benzene rings is 1. The van der Waals surface area contributed by atoms with E-state index >= 15 is 0 Å². The molecule has 1 aliphatic rings. The first-order valence-corrected chi connectivity index (χ1v) is 9.90. The van der Waals surface area contributed by atoms with Crippen LogP contribution in [0.2, 0.25) is 0 Å². The van der Waals surface area contributed by atoms with Gasteiger partial charge in [-0.25, -0.2) is 0 Å². The monoisotopic (exact) mass is 287 g/mol. The molecule has 3 heteroatoms. The topological polar surface area (TPSA) is 0 Å². The molecule has 0 nitrogen and oxygen atoms in total. The third-order valence-electron chi connectivity index (χ3n) is 3.73. The predicted molar refractivity (Wildman–Crippen MR) is 85.8 cm³/mol. The lowest BCUT2D eigenvalue weighted by Gasteiger charge is -2.17. The minimum atomic E-state index is -1.34. The highest BCUT2D eigenvalue weighted by Gasteiger charge is 2.50. The van der Waals surface area contributed by atoms with Crippen molar-refractivity contribution in [1.82, 2.24) is 0 Å². The van der Waals surface area contributed by atoms with Crippen molar-refractivity contribution in [2.75, 3.05) is 6.66 Å². The fourth-order valence-electron chi connectivity index (χ4n) is 2.78. The molecule has 2 aromatic heterocycles. The minimum absolute atomic E-state index is 1.34. The molecule has 0 radical (unpaired) electrons. The molecule has 0 bridgehead atoms. The maximum Gasteiger partial charge on any atom is 0.124 e. The van der Waals surface area contributed by atoms with Gasteiger partial charge < -0.3 is 0 Å². The molecule has 0 saturated carbocycles. The highest BCUT2D eigenvalue weighted by molar-refractivity contribution is 7.96. The van der Waals surface area contributed by atoms with Crippen LogP contribution in [0.4, 0.5) is 0 Å². The van der Waals surface area contributed by atoms with E-state index in [1.165, 1.54) is 15.1 Å². The first kappa shape index (κ1) is 10.9. The lowest BCUT2D eigenvalue weighted by Crippen LogP contribution is -2.25. The Morgan fingerprint density at radius 1 is 0.778 bits per heavy atom. The van der Waals surface area contributed by atoms with E-state index in [2.05, 4.69) is 59.9 Å². The summed E-state index contributed by atoms with van der Waals surface area (Å²) in [6.07, 6.45) is 0. The summed E-state index contributed by atoms with van der Waals surface area (Å²) in [6, 6.07) is 15.7. The molecular formula is C15H12PS2+. The van der Waals surface area contributed by atoms with Crippen LogP contribution in [0, 0.1) is 0 Å². The quantitative estimate of drug-likeness (QED) is 0.599. The van der Waals surface area contributed by atoms with Gasteiger partial charge in [-0.1, -0.05) is 18.2 Å². The van der Waals surface area contributed by atoms with E-state index in [-0.39, 0.29) is 0 Å². The van der Waals surface area contributed by atoms with Crippen LogP contribution in [0.25, 0.3) is 9.75 Å². The molecule has 3 heterocycles. The second kappa shape index (κ2) is 3.77. The average Bonchev–Trinajstić information content (AvgIpc) is 3.09. The van der Waals surface area contributed by atoms with E-state index in [0.717, 1.165) is 0 Å². The first-order valence-electron chi connectivity index (χ1n) is 5.90. The second-order valence-electron chi connectivity index (χ2n) is 4.61. The van der Waals surface area contributed by atoms with Crippen molar-refractivity contribution in [2.45, 2.75) is 0 Å². The van der Waals surface area contributed by atoms with E-state index < -0.39 is 7.26 Å². The summed E-state index contributed by atoms with van der Waals surface area (Å²) >= 11 is 3.79. The Hall–Kier alpha value is -0.950. The highest BCUT2D eigenvalue weighted by atomic mass is 32.1. The normalized spacial score (nSPS) is 15.4. The van der Waals surface area contributed by atoms with Gasteiger partial charge in [-0.15, -0.1) is 22.7 Å². The molecule has 0 unspecified atom stereocenters. The van der Waals surface area contributed by atoms with E-state index in [1.807, 2.05) is 22.7 Å². The largest absolute Gasteiger partial charge is 0.138 e. The lowest BCUT2D eigenvalue weighted by molar-refractivity contribution is 1.76. The van der Waals surface area contributed by atoms with Crippen molar-refractivity contribution >= 4 is 45.8 Å². The summed E-state index contributed by atoms with van der Waals surface area (Å²) in [7, 11) is -1.34. The summed E-state index contributed by atoms with van der Waals surface area (Å²) in [6.45, 7) is 2.46. The van der Waals surface area contributed by atoms with Crippen LogP contribution in [0.1, 0.15) is 0 Å². The maximum atomic E-state index is 2.46. The van der Waals surface area contributed by atoms with Crippen LogP contribution >= 0.6 is 29.9 Å². The summed E-state index contributed by atoms with van der Waals surface area (Å²) in [4.78, 5) is 3.03. The molecule has 1 aliphatic heterocycles. The summed E-state index contributed by atoms with van der Waals surface area (Å²) < 4.78 is 0. The molecule has 0 fully saturated rings. The Kier molecular flexibility index (Phi) is 2.29. The molecule has 4 rings (SSSR count). The van der Waals surface area contributed by atoms with Crippen molar-refractivity contribution in [1.29, 1.82) is 0 Å². The number of hydrogen-bond acceptors (Lipinski definition) is 2. The molecule has 18 heavy (non-hydrogen) atoms. The molecule has 0 N–H and O–H groups in total. The first-order chi connectivity index (χ1) is 8.82. The number of fused-ring (bicyclic) bond motifs is 3. The number of hydrogen-bond donors (Lipinski definition) is 0. The van der Waals surface area contributed by atoms with Crippen molar-refractivity contribution in [3.63, 3.8) is 0 Å². The highest BCUT2D eigenvalue weighted by Crippen LogP contribution is 2.61. The lowest BCUT2D eigenvalue weighted by atomic mass is 10.4. The van der Waals surface area contributed by atoms with Crippen molar-refractivity contribution < 1.29 is 0 Å². The van der Waals surface area contributed by atoms with Crippen LogP contribution in [0.5, 0.6) is 0 Å². The van der Waals surface area contributed by atoms with Gasteiger partial charge in [0.2, 0.25) is 0 Å². The van der Waals surface area contributed by atoms with Gasteiger partial charge in [0.1, 0.15) is 23.2 Å². The summed E-state index contributed by atoms with van der Waals surface area (Å²) in [5, 5.41) is 9.16. The minimum Gasteiger partial charge on any atom is -0.138 e. The van der Waals surface area contributed by atoms with Crippen molar-refractivity contribution in [2.24, 2.45) is 0 Å². The summed E-state index contributed by atoms with van der Waals surface area (Å²) in [5.41, 5.74) is 0. The average molecular weight is 287 g/mol. The van der Waals surface area contributed by atoms with E-state index in [1.54, 1.807) is 10.6 Å². The van der Waals surface area contributed by atoms with Crippen LogP contribution in [-0.4, -0.2) is 6.66 Å². The number of rotatable bonds is 1. The molecule has 88 valence electrons. The van der Waals surface area contributed by atoms with Gasteiger partial charge in [0.25, 0.3) is 0 Å². The van der Waals surface area contributed by atoms with Gasteiger partial charge in [0, 0.05) is 0 Å². The fourth-order valence-corrected chi connectivity index (χ4v) is 9.69. The molecule has 0 amide bonds. The zero-order valence-electron chi connectivity index (χ0n) is 9.96. The SMILES string of the molecule is C[P+]1(c2ccccc2)c2ccsc2-c2sccc21. The molecule has 3 aromatic rings. The molecule has 1 aromatic carbocycles. The molecule has 0 aliphatic carbocycles. The zero-order valence-corrected chi connectivity index (χ0v) is 12.5. The van der Waals surface area contributed by atoms with Crippen LogP contribution in [-0.2, 0) is 0 Å². The molecule has 0 spiro atoms. The van der Waals surface area contributed by atoms with Crippen LogP contribution < -0.4 is 15.9 Å². The second-order valence-corrected chi connectivity index (χ2v) is 9.94. The molecule has 0 saturated heterocycles. The van der Waals surface area contributed by atoms with Crippen LogP contribution in [0.3, 0.4) is 0 Å². The Morgan fingerprint density at radius 2 is 1.33 bits per heavy atom. The van der Waals surface area contributed by atoms with E-state index in [0.29, 0.717) is 0 Å². The Labute approximate surface area is 115 Å². The smallest absolute Gasteiger partial charge is 0.124 e. The van der Waals surface area contributed by atoms with Crippen LogP contribution in [0.15, 0.2) is 53.2 Å². The maximum absolute atomic E-state index is 2.46. The molecular weight excluding hydrogens is 275 g/mol. The Morgan fingerprint density at radius 3 is 1.89 bits per heavy atom. The van der Waals surface area contributed by atoms with Gasteiger partial charge in [-0.3, -0.25) is 0 Å². The molecule has 0 atom stereocenters. The third kappa shape index (κ3) is 1.23. The fraction of sp³-hybridized carbons (Fsp3) is 0.0667. The standard InChI is InChI=1S/C15H12PS2/c1-16(11-5-3-2-4-6-11)12-7-9-17-14(12)15-13(16)8-10-18-15/h2-10H,1H3/q+1. The number of thiophene rings is 2. The van der Waals surface area contributed by atoms with Crippen molar-refractivity contribution in [3.8, 4) is 9.75 Å². The van der Waals surface area contributed by atoms with Gasteiger partial charge in [0.05, 0.1) is 16.4 Å². The van der Waals surface area contributed by atoms with E-state index in [9.17, 15) is 0 Å². The van der Waals surface area contributed by atoms with Gasteiger partial charge in [-0.2, -0.15) is 0 Å². The van der Waals surface area contributed by atoms with Gasteiger partial charge in [0.15, 0.2) is 0 Å². The van der Waals surface area contributed by atoms with Gasteiger partial charge >= 0.3 is 0 Å².